The van der Waals surface area contributed by atoms with E-state index in [9.17, 15) is 18.0 Å². The number of benzene rings is 2. The minimum Gasteiger partial charge on any atom is -0.442 e. The van der Waals surface area contributed by atoms with E-state index in [4.69, 9.17) is 4.74 Å². The Balaban J connectivity index is 1.31. The number of esters is 1. The van der Waals surface area contributed by atoms with Crippen molar-refractivity contribution >= 4 is 26.9 Å². The normalized spacial score (nSPS) is 15.3. The molecule has 33 heavy (non-hydrogen) atoms. The number of hydrogen-bond donors (Lipinski definition) is 0. The lowest BCUT2D eigenvalue weighted by molar-refractivity contribution is -0.148. The van der Waals surface area contributed by atoms with Gasteiger partial charge in [0.2, 0.25) is 10.0 Å². The van der Waals surface area contributed by atoms with Gasteiger partial charge in [-0.2, -0.15) is 8.99 Å². The van der Waals surface area contributed by atoms with Crippen LogP contribution in [0.15, 0.2) is 58.2 Å². The number of carbonyl (C=O) groups excluding carboxylic acids is 1. The van der Waals surface area contributed by atoms with Crippen LogP contribution in [0.25, 0.3) is 10.9 Å². The first-order valence-electron chi connectivity index (χ1n) is 11.0. The summed E-state index contributed by atoms with van der Waals surface area (Å²) >= 11 is 0. The number of carbonyl (C=O) groups is 1. The highest BCUT2D eigenvalue weighted by Crippen LogP contribution is 2.21. The predicted octanol–water partition coefficient (Wildman–Crippen LogP) is 2.49. The molecular formula is C23H26N4O5S. The monoisotopic (exact) mass is 470 g/mol. The molecule has 0 saturated carbocycles. The van der Waals surface area contributed by atoms with Crippen molar-refractivity contribution in [2.75, 3.05) is 13.1 Å². The van der Waals surface area contributed by atoms with E-state index < -0.39 is 16.0 Å². The van der Waals surface area contributed by atoms with Gasteiger partial charge in [-0.25, -0.2) is 8.42 Å². The molecule has 0 bridgehead atoms. The Bertz CT molecular complexity index is 1280. The van der Waals surface area contributed by atoms with E-state index in [1.807, 2.05) is 0 Å². The summed E-state index contributed by atoms with van der Waals surface area (Å²) in [6.07, 6.45) is 4.37. The van der Waals surface area contributed by atoms with Crippen LogP contribution in [0.3, 0.4) is 0 Å². The molecule has 1 aliphatic heterocycles. The number of aryl methyl sites for hydroxylation is 1. The summed E-state index contributed by atoms with van der Waals surface area (Å²) in [4.78, 5) is 24.8. The zero-order valence-corrected chi connectivity index (χ0v) is 19.0. The van der Waals surface area contributed by atoms with Crippen molar-refractivity contribution in [2.45, 2.75) is 50.2 Å². The Morgan fingerprint density at radius 2 is 1.67 bits per heavy atom. The van der Waals surface area contributed by atoms with Crippen molar-refractivity contribution in [3.63, 3.8) is 0 Å². The van der Waals surface area contributed by atoms with E-state index in [0.717, 1.165) is 35.9 Å². The molecule has 3 aromatic rings. The van der Waals surface area contributed by atoms with E-state index in [2.05, 4.69) is 10.3 Å². The number of sulfonamides is 1. The molecule has 0 aliphatic carbocycles. The van der Waals surface area contributed by atoms with Gasteiger partial charge in [0, 0.05) is 19.5 Å². The lowest BCUT2D eigenvalue weighted by Crippen LogP contribution is -2.31. The Morgan fingerprint density at radius 1 is 0.970 bits per heavy atom. The summed E-state index contributed by atoms with van der Waals surface area (Å²) < 4.78 is 33.4. The van der Waals surface area contributed by atoms with Crippen molar-refractivity contribution in [1.82, 2.24) is 19.3 Å². The van der Waals surface area contributed by atoms with Crippen molar-refractivity contribution in [3.8, 4) is 0 Å². The highest BCUT2D eigenvalue weighted by molar-refractivity contribution is 7.89. The predicted molar refractivity (Wildman–Crippen MR) is 122 cm³/mol. The average Bonchev–Trinajstić information content (AvgIpc) is 3.13. The van der Waals surface area contributed by atoms with Crippen molar-refractivity contribution in [1.29, 1.82) is 0 Å². The second-order valence-electron chi connectivity index (χ2n) is 8.02. The first kappa shape index (κ1) is 23.1. The number of nitrogens with zero attached hydrogens (tertiary/aromatic N) is 4. The van der Waals surface area contributed by atoms with Crippen LogP contribution in [-0.4, -0.2) is 46.8 Å². The van der Waals surface area contributed by atoms with Gasteiger partial charge in [-0.15, -0.1) is 5.10 Å². The molecule has 2 aromatic carbocycles. The molecule has 0 radical (unpaired) electrons. The third-order valence-corrected chi connectivity index (χ3v) is 7.63. The molecule has 4 rings (SSSR count). The van der Waals surface area contributed by atoms with Gasteiger partial charge in [0.05, 0.1) is 10.3 Å². The molecule has 0 atom stereocenters. The summed E-state index contributed by atoms with van der Waals surface area (Å²) in [7, 11) is -3.50. The topological polar surface area (TPSA) is 111 Å². The standard InChI is InChI=1S/C23H26N4O5S/c28-22(32-17-27-23(29)20-7-3-4-8-21(20)24-25-27)14-11-18-9-12-19(13-10-18)33(30,31)26-15-5-1-2-6-16-26/h3-4,7-10,12-13H,1-2,5-6,11,14-17H2. The first-order valence-corrected chi connectivity index (χ1v) is 12.5. The molecular weight excluding hydrogens is 444 g/mol. The summed E-state index contributed by atoms with van der Waals surface area (Å²) in [5.74, 6) is -0.488. The zero-order valence-electron chi connectivity index (χ0n) is 18.2. The molecule has 1 saturated heterocycles. The van der Waals surface area contributed by atoms with Gasteiger partial charge in [0.15, 0.2) is 6.73 Å². The quantitative estimate of drug-likeness (QED) is 0.488. The van der Waals surface area contributed by atoms with E-state index in [1.54, 1.807) is 52.8 Å². The molecule has 174 valence electrons. The van der Waals surface area contributed by atoms with Gasteiger partial charge in [0.25, 0.3) is 5.56 Å². The largest absolute Gasteiger partial charge is 0.442 e. The maximum absolute atomic E-state index is 12.9. The second kappa shape index (κ2) is 10.2. The lowest BCUT2D eigenvalue weighted by atomic mass is 10.1. The highest BCUT2D eigenvalue weighted by Gasteiger charge is 2.24. The molecule has 0 N–H and O–H groups in total. The van der Waals surface area contributed by atoms with Gasteiger partial charge in [-0.05, 0) is 49.1 Å². The first-order chi connectivity index (χ1) is 15.9. The van der Waals surface area contributed by atoms with Crippen LogP contribution in [0.2, 0.25) is 0 Å². The summed E-state index contributed by atoms with van der Waals surface area (Å²) in [6, 6.07) is 13.4. The summed E-state index contributed by atoms with van der Waals surface area (Å²) in [5, 5.41) is 8.14. The molecule has 0 spiro atoms. The van der Waals surface area contributed by atoms with E-state index in [0.29, 0.717) is 30.4 Å². The fraction of sp³-hybridized carbons (Fsp3) is 0.391. The minimum absolute atomic E-state index is 0.0913. The number of hydrogen-bond acceptors (Lipinski definition) is 7. The van der Waals surface area contributed by atoms with Crippen LogP contribution < -0.4 is 5.56 Å². The van der Waals surface area contributed by atoms with Crippen molar-refractivity contribution < 1.29 is 17.9 Å². The highest BCUT2D eigenvalue weighted by atomic mass is 32.2. The van der Waals surface area contributed by atoms with Crippen LogP contribution in [0.1, 0.15) is 37.7 Å². The molecule has 1 aliphatic rings. The molecule has 0 amide bonds. The number of rotatable bonds is 7. The molecule has 9 nitrogen and oxygen atoms in total. The van der Waals surface area contributed by atoms with E-state index in [-0.39, 0.29) is 23.6 Å². The van der Waals surface area contributed by atoms with Crippen LogP contribution in [0.4, 0.5) is 0 Å². The molecule has 1 fully saturated rings. The Kier molecular flexibility index (Phi) is 7.14. The fourth-order valence-corrected chi connectivity index (χ4v) is 5.34. The smallest absolute Gasteiger partial charge is 0.307 e. The third kappa shape index (κ3) is 5.45. The maximum Gasteiger partial charge on any atom is 0.307 e. The average molecular weight is 471 g/mol. The zero-order chi connectivity index (χ0) is 23.3. The van der Waals surface area contributed by atoms with Gasteiger partial charge >= 0.3 is 5.97 Å². The molecule has 1 aromatic heterocycles. The maximum atomic E-state index is 12.9. The van der Waals surface area contributed by atoms with Crippen LogP contribution in [-0.2, 0) is 32.7 Å². The van der Waals surface area contributed by atoms with Crippen LogP contribution in [0.5, 0.6) is 0 Å². The van der Waals surface area contributed by atoms with Crippen molar-refractivity contribution in [3.05, 3.63) is 64.4 Å². The SMILES string of the molecule is O=C(CCc1ccc(S(=O)(=O)N2CCCCCC2)cc1)OCn1nnc2ccccc2c1=O. The Morgan fingerprint density at radius 3 is 2.39 bits per heavy atom. The second-order valence-corrected chi connectivity index (χ2v) is 9.96. The molecule has 2 heterocycles. The Labute approximate surface area is 192 Å². The van der Waals surface area contributed by atoms with Gasteiger partial charge in [-0.1, -0.05) is 42.3 Å². The van der Waals surface area contributed by atoms with Gasteiger partial charge in [-0.3, -0.25) is 9.59 Å². The molecule has 10 heteroatoms. The van der Waals surface area contributed by atoms with Crippen LogP contribution >= 0.6 is 0 Å². The lowest BCUT2D eigenvalue weighted by Gasteiger charge is -2.20. The van der Waals surface area contributed by atoms with E-state index >= 15 is 0 Å². The Hall–Kier alpha value is -3.11. The molecule has 0 unspecified atom stereocenters. The fourth-order valence-electron chi connectivity index (χ4n) is 3.82. The summed E-state index contributed by atoms with van der Waals surface area (Å²) in [5.41, 5.74) is 0.922. The third-order valence-electron chi connectivity index (χ3n) is 5.72. The summed E-state index contributed by atoms with van der Waals surface area (Å²) in [6.45, 7) is 0.795. The number of aromatic nitrogens is 3. The minimum atomic E-state index is -3.50. The van der Waals surface area contributed by atoms with E-state index in [1.165, 1.54) is 0 Å². The van der Waals surface area contributed by atoms with Gasteiger partial charge in [0.1, 0.15) is 5.52 Å². The van der Waals surface area contributed by atoms with Crippen LogP contribution in [0, 0.1) is 0 Å². The van der Waals surface area contributed by atoms with Crippen molar-refractivity contribution in [2.24, 2.45) is 0 Å². The number of fused-ring (bicyclic) bond motifs is 1. The van der Waals surface area contributed by atoms with Gasteiger partial charge < -0.3 is 4.74 Å². The number of ether oxygens (including phenoxy) is 1.